The van der Waals surface area contributed by atoms with E-state index in [0.717, 1.165) is 12.1 Å². The molecule has 6 heteroatoms. The highest BCUT2D eigenvalue weighted by Crippen LogP contribution is 2.18. The normalized spacial score (nSPS) is 10.3. The van der Waals surface area contributed by atoms with Gasteiger partial charge in [-0.05, 0) is 36.8 Å². The van der Waals surface area contributed by atoms with Crippen LogP contribution in [0, 0.1) is 18.6 Å². The molecule has 0 fully saturated rings. The molecule has 0 unspecified atom stereocenters. The van der Waals surface area contributed by atoms with Crippen LogP contribution in [0.2, 0.25) is 0 Å². The number of benzene rings is 2. The summed E-state index contributed by atoms with van der Waals surface area (Å²) in [4.78, 5) is 23.5. The van der Waals surface area contributed by atoms with E-state index in [4.69, 9.17) is 4.74 Å². The maximum atomic E-state index is 13.4. The number of hydrogen-bond acceptors (Lipinski definition) is 4. The number of halogens is 2. The number of carbonyl (C=O) groups excluding carboxylic acids is 2. The zero-order chi connectivity index (χ0) is 16.3. The molecule has 1 N–H and O–H groups in total. The number of ketones is 1. The molecule has 0 aromatic heterocycles. The van der Waals surface area contributed by atoms with Gasteiger partial charge in [-0.2, -0.15) is 0 Å². The molecule has 2 rings (SSSR count). The number of carbonyl (C=O) groups is 2. The molecular formula is C16H12F2O4. The molecule has 0 saturated heterocycles. The van der Waals surface area contributed by atoms with Crippen molar-refractivity contribution in [2.45, 2.75) is 6.92 Å². The maximum absolute atomic E-state index is 13.4. The summed E-state index contributed by atoms with van der Waals surface area (Å²) >= 11 is 0. The lowest BCUT2D eigenvalue weighted by Gasteiger charge is -2.06. The van der Waals surface area contributed by atoms with E-state index >= 15 is 0 Å². The van der Waals surface area contributed by atoms with Crippen molar-refractivity contribution in [2.24, 2.45) is 0 Å². The van der Waals surface area contributed by atoms with Crippen LogP contribution in [0.5, 0.6) is 5.75 Å². The summed E-state index contributed by atoms with van der Waals surface area (Å²) in [5.41, 5.74) is 0.289. The Balaban J connectivity index is 2.04. The third-order valence-corrected chi connectivity index (χ3v) is 3.01. The maximum Gasteiger partial charge on any atom is 0.338 e. The fraction of sp³-hybridized carbons (Fsp3) is 0.125. The molecule has 0 radical (unpaired) electrons. The largest absolute Gasteiger partial charge is 0.508 e. The topological polar surface area (TPSA) is 63.6 Å². The fourth-order valence-electron chi connectivity index (χ4n) is 1.74. The Kier molecular flexibility index (Phi) is 4.50. The second-order valence-electron chi connectivity index (χ2n) is 4.62. The molecule has 0 spiro atoms. The van der Waals surface area contributed by atoms with Crippen LogP contribution in [0.25, 0.3) is 0 Å². The van der Waals surface area contributed by atoms with Crippen LogP contribution < -0.4 is 0 Å². The number of ether oxygens (including phenoxy) is 1. The van der Waals surface area contributed by atoms with Gasteiger partial charge in [0.05, 0.1) is 11.1 Å². The van der Waals surface area contributed by atoms with E-state index in [2.05, 4.69) is 0 Å². The minimum Gasteiger partial charge on any atom is -0.508 e. The first kappa shape index (κ1) is 15.6. The average molecular weight is 306 g/mol. The van der Waals surface area contributed by atoms with Crippen molar-refractivity contribution in [1.82, 2.24) is 0 Å². The zero-order valence-electron chi connectivity index (χ0n) is 11.6. The zero-order valence-corrected chi connectivity index (χ0v) is 11.6. The standard InChI is InChI=1S/C16H12F2O4/c1-9-2-3-10(6-14(9)19)16(21)22-8-15(20)12-5-4-11(17)7-13(12)18/h2-7,19H,8H2,1H3. The summed E-state index contributed by atoms with van der Waals surface area (Å²) in [5.74, 6) is -3.52. The van der Waals surface area contributed by atoms with Crippen LogP contribution in [0.4, 0.5) is 8.78 Å². The van der Waals surface area contributed by atoms with Gasteiger partial charge < -0.3 is 9.84 Å². The van der Waals surface area contributed by atoms with E-state index in [0.29, 0.717) is 11.6 Å². The summed E-state index contributed by atoms with van der Waals surface area (Å²) in [6, 6.07) is 6.66. The van der Waals surface area contributed by atoms with Gasteiger partial charge in [0.1, 0.15) is 17.4 Å². The van der Waals surface area contributed by atoms with Gasteiger partial charge in [-0.15, -0.1) is 0 Å². The first-order valence-electron chi connectivity index (χ1n) is 6.33. The molecule has 0 heterocycles. The molecule has 0 saturated carbocycles. The van der Waals surface area contributed by atoms with Crippen LogP contribution in [0.15, 0.2) is 36.4 Å². The summed E-state index contributed by atoms with van der Waals surface area (Å²) in [5, 5.41) is 9.51. The molecule has 2 aromatic carbocycles. The molecule has 0 bridgehead atoms. The van der Waals surface area contributed by atoms with Gasteiger partial charge in [0.2, 0.25) is 5.78 Å². The Morgan fingerprint density at radius 1 is 1.14 bits per heavy atom. The number of phenols is 1. The molecule has 0 atom stereocenters. The molecule has 0 amide bonds. The van der Waals surface area contributed by atoms with Crippen LogP contribution in [-0.4, -0.2) is 23.5 Å². The number of aryl methyl sites for hydroxylation is 1. The second-order valence-corrected chi connectivity index (χ2v) is 4.62. The van der Waals surface area contributed by atoms with Crippen molar-refractivity contribution >= 4 is 11.8 Å². The van der Waals surface area contributed by atoms with E-state index in [1.165, 1.54) is 18.2 Å². The van der Waals surface area contributed by atoms with Gasteiger partial charge in [0.25, 0.3) is 0 Å². The molecule has 0 aliphatic carbocycles. The van der Waals surface area contributed by atoms with E-state index < -0.39 is 30.0 Å². The Morgan fingerprint density at radius 3 is 2.50 bits per heavy atom. The Hall–Kier alpha value is -2.76. The number of aromatic hydroxyl groups is 1. The van der Waals surface area contributed by atoms with Gasteiger partial charge in [0, 0.05) is 6.07 Å². The van der Waals surface area contributed by atoms with Gasteiger partial charge in [-0.1, -0.05) is 6.07 Å². The third-order valence-electron chi connectivity index (χ3n) is 3.01. The van der Waals surface area contributed by atoms with Crippen molar-refractivity contribution in [2.75, 3.05) is 6.61 Å². The van der Waals surface area contributed by atoms with Crippen molar-refractivity contribution < 1.29 is 28.2 Å². The fourth-order valence-corrected chi connectivity index (χ4v) is 1.74. The number of rotatable bonds is 4. The van der Waals surface area contributed by atoms with Crippen molar-refractivity contribution in [3.63, 3.8) is 0 Å². The highest BCUT2D eigenvalue weighted by atomic mass is 19.1. The summed E-state index contributed by atoms with van der Waals surface area (Å²) in [7, 11) is 0. The van der Waals surface area contributed by atoms with E-state index in [9.17, 15) is 23.5 Å². The average Bonchev–Trinajstić information content (AvgIpc) is 2.47. The lowest BCUT2D eigenvalue weighted by Crippen LogP contribution is -2.15. The number of esters is 1. The van der Waals surface area contributed by atoms with Gasteiger partial charge in [-0.25, -0.2) is 13.6 Å². The van der Waals surface area contributed by atoms with Crippen LogP contribution >= 0.6 is 0 Å². The third kappa shape index (κ3) is 3.46. The lowest BCUT2D eigenvalue weighted by molar-refractivity contribution is 0.0473. The predicted molar refractivity (Wildman–Crippen MR) is 73.8 cm³/mol. The molecule has 114 valence electrons. The van der Waals surface area contributed by atoms with Crippen LogP contribution in [0.3, 0.4) is 0 Å². The monoisotopic (exact) mass is 306 g/mol. The lowest BCUT2D eigenvalue weighted by atomic mass is 10.1. The second kappa shape index (κ2) is 6.34. The highest BCUT2D eigenvalue weighted by Gasteiger charge is 2.16. The number of phenolic OH excluding ortho intramolecular Hbond substituents is 1. The Morgan fingerprint density at radius 2 is 1.86 bits per heavy atom. The molecular weight excluding hydrogens is 294 g/mol. The van der Waals surface area contributed by atoms with Crippen LogP contribution in [-0.2, 0) is 4.74 Å². The predicted octanol–water partition coefficient (Wildman–Crippen LogP) is 3.02. The first-order valence-corrected chi connectivity index (χ1v) is 6.33. The highest BCUT2D eigenvalue weighted by molar-refractivity contribution is 5.99. The minimum atomic E-state index is -1.02. The van der Waals surface area contributed by atoms with Crippen molar-refractivity contribution in [3.05, 3.63) is 64.7 Å². The molecule has 22 heavy (non-hydrogen) atoms. The molecule has 2 aromatic rings. The first-order chi connectivity index (χ1) is 10.4. The van der Waals surface area contributed by atoms with Gasteiger partial charge in [0.15, 0.2) is 6.61 Å². The summed E-state index contributed by atoms with van der Waals surface area (Å²) in [6.45, 7) is 0.974. The quantitative estimate of drug-likeness (QED) is 0.696. The molecule has 0 aliphatic heterocycles. The summed E-state index contributed by atoms with van der Waals surface area (Å²) in [6.07, 6.45) is 0. The van der Waals surface area contributed by atoms with Crippen LogP contribution in [0.1, 0.15) is 26.3 Å². The molecule has 4 nitrogen and oxygen atoms in total. The molecule has 0 aliphatic rings. The summed E-state index contributed by atoms with van der Waals surface area (Å²) < 4.78 is 30.9. The Bertz CT molecular complexity index is 741. The van der Waals surface area contributed by atoms with E-state index in [1.807, 2.05) is 0 Å². The number of Topliss-reactive ketones (excluding diaryl/α,β-unsaturated/α-hetero) is 1. The number of hydrogen-bond donors (Lipinski definition) is 1. The van der Waals surface area contributed by atoms with Gasteiger partial charge in [-0.3, -0.25) is 4.79 Å². The van der Waals surface area contributed by atoms with Crippen molar-refractivity contribution in [1.29, 1.82) is 0 Å². The minimum absolute atomic E-state index is 0.0653. The van der Waals surface area contributed by atoms with Crippen molar-refractivity contribution in [3.8, 4) is 5.75 Å². The van der Waals surface area contributed by atoms with Gasteiger partial charge >= 0.3 is 5.97 Å². The Labute approximate surface area is 125 Å². The smallest absolute Gasteiger partial charge is 0.338 e. The van der Waals surface area contributed by atoms with E-state index in [1.54, 1.807) is 6.92 Å². The SMILES string of the molecule is Cc1ccc(C(=O)OCC(=O)c2ccc(F)cc2F)cc1O. The van der Waals surface area contributed by atoms with E-state index in [-0.39, 0.29) is 16.9 Å².